The molecule has 76 valence electrons. The molecule has 5 nitrogen and oxygen atoms in total. The van der Waals surface area contributed by atoms with Gasteiger partial charge in [0.05, 0.1) is 6.21 Å². The van der Waals surface area contributed by atoms with Crippen LogP contribution in [0.1, 0.15) is 5.56 Å². The van der Waals surface area contributed by atoms with Gasteiger partial charge in [0.25, 0.3) is 0 Å². The molecular formula is C9H8ClN5. The number of hydrazone groups is 1. The number of aromatic nitrogens is 3. The first-order valence-corrected chi connectivity index (χ1v) is 4.62. The average molecular weight is 222 g/mol. The van der Waals surface area contributed by atoms with Gasteiger partial charge < -0.3 is 0 Å². The second-order valence-electron chi connectivity index (χ2n) is 2.76. The maximum absolute atomic E-state index is 5.74. The molecule has 0 bridgehead atoms. The summed E-state index contributed by atoms with van der Waals surface area (Å²) in [4.78, 5) is 3.85. The number of H-pyrrole nitrogens is 1. The van der Waals surface area contributed by atoms with Gasteiger partial charge in [-0.25, -0.2) is 10.5 Å². The van der Waals surface area contributed by atoms with E-state index in [0.29, 0.717) is 11.0 Å². The third kappa shape index (κ3) is 2.78. The van der Waals surface area contributed by atoms with Crippen molar-refractivity contribution in [1.82, 2.24) is 15.2 Å². The lowest BCUT2D eigenvalue weighted by molar-refractivity contribution is 1.08. The summed E-state index contributed by atoms with van der Waals surface area (Å²) in [5, 5.41) is 11.0. The van der Waals surface area contributed by atoms with Gasteiger partial charge in [0, 0.05) is 5.02 Å². The first kappa shape index (κ1) is 9.67. The molecule has 2 N–H and O–H groups in total. The van der Waals surface area contributed by atoms with E-state index >= 15 is 0 Å². The molecule has 0 saturated carbocycles. The van der Waals surface area contributed by atoms with Crippen molar-refractivity contribution in [2.24, 2.45) is 5.10 Å². The van der Waals surface area contributed by atoms with Crippen molar-refractivity contribution in [3.63, 3.8) is 0 Å². The fourth-order valence-electron chi connectivity index (χ4n) is 0.976. The van der Waals surface area contributed by atoms with Crippen LogP contribution in [-0.4, -0.2) is 21.4 Å². The largest absolute Gasteiger partial charge is 0.246 e. The van der Waals surface area contributed by atoms with Crippen LogP contribution in [0.4, 0.5) is 5.95 Å². The standard InChI is InChI=1S/C9H8ClN5/c10-8-3-1-7(2-4-8)5-12-14-9-11-6-13-15-9/h1-6H,(H2,11,13,14,15)/b12-5+. The zero-order chi connectivity index (χ0) is 10.5. The Morgan fingerprint density at radius 2 is 2.13 bits per heavy atom. The van der Waals surface area contributed by atoms with Crippen LogP contribution in [0.2, 0.25) is 5.02 Å². The minimum absolute atomic E-state index is 0.500. The topological polar surface area (TPSA) is 66.0 Å². The Hall–Kier alpha value is -1.88. The molecule has 1 aromatic heterocycles. The summed E-state index contributed by atoms with van der Waals surface area (Å²) in [5.74, 6) is 0.500. The number of anilines is 1. The highest BCUT2D eigenvalue weighted by atomic mass is 35.5. The normalized spacial score (nSPS) is 10.7. The first-order valence-electron chi connectivity index (χ1n) is 4.24. The minimum atomic E-state index is 0.500. The monoisotopic (exact) mass is 221 g/mol. The van der Waals surface area contributed by atoms with Gasteiger partial charge in [-0.2, -0.15) is 15.2 Å². The van der Waals surface area contributed by atoms with E-state index in [2.05, 4.69) is 25.7 Å². The zero-order valence-corrected chi connectivity index (χ0v) is 8.44. The maximum Gasteiger partial charge on any atom is 0.239 e. The molecule has 1 heterocycles. The molecule has 6 heteroatoms. The van der Waals surface area contributed by atoms with Crippen molar-refractivity contribution in [3.05, 3.63) is 41.2 Å². The number of hydrogen-bond donors (Lipinski definition) is 2. The molecule has 0 atom stereocenters. The molecule has 2 aromatic rings. The second-order valence-corrected chi connectivity index (χ2v) is 3.19. The molecule has 1 aromatic carbocycles. The van der Waals surface area contributed by atoms with Crippen molar-refractivity contribution in [2.45, 2.75) is 0 Å². The highest BCUT2D eigenvalue weighted by molar-refractivity contribution is 6.30. The summed E-state index contributed by atoms with van der Waals surface area (Å²) in [7, 11) is 0. The number of nitrogens with one attached hydrogen (secondary N) is 2. The highest BCUT2D eigenvalue weighted by Gasteiger charge is 1.90. The van der Waals surface area contributed by atoms with Crippen molar-refractivity contribution in [1.29, 1.82) is 0 Å². The Morgan fingerprint density at radius 3 is 2.80 bits per heavy atom. The van der Waals surface area contributed by atoms with Crippen molar-refractivity contribution < 1.29 is 0 Å². The number of aromatic amines is 1. The second kappa shape index (κ2) is 4.56. The lowest BCUT2D eigenvalue weighted by Crippen LogP contribution is -1.92. The van der Waals surface area contributed by atoms with Crippen LogP contribution in [0.15, 0.2) is 35.7 Å². The number of benzene rings is 1. The maximum atomic E-state index is 5.74. The summed E-state index contributed by atoms with van der Waals surface area (Å²) in [6, 6.07) is 7.34. The SMILES string of the molecule is Clc1ccc(/C=N/Nc2ncn[nH]2)cc1. The summed E-state index contributed by atoms with van der Waals surface area (Å²) in [6.07, 6.45) is 3.07. The van der Waals surface area contributed by atoms with Gasteiger partial charge in [-0.3, -0.25) is 0 Å². The molecule has 15 heavy (non-hydrogen) atoms. The van der Waals surface area contributed by atoms with Gasteiger partial charge >= 0.3 is 0 Å². The smallest absolute Gasteiger partial charge is 0.239 e. The van der Waals surface area contributed by atoms with Crippen LogP contribution in [0, 0.1) is 0 Å². The highest BCUT2D eigenvalue weighted by Crippen LogP contribution is 2.07. The average Bonchev–Trinajstić information content (AvgIpc) is 2.74. The Kier molecular flexibility index (Phi) is 2.94. The molecule has 0 saturated heterocycles. The van der Waals surface area contributed by atoms with E-state index in [9.17, 15) is 0 Å². The van der Waals surface area contributed by atoms with E-state index in [1.54, 1.807) is 18.3 Å². The van der Waals surface area contributed by atoms with Crippen LogP contribution in [0.3, 0.4) is 0 Å². The van der Waals surface area contributed by atoms with Crippen LogP contribution < -0.4 is 5.43 Å². The van der Waals surface area contributed by atoms with Crippen molar-refractivity contribution in [3.8, 4) is 0 Å². The van der Waals surface area contributed by atoms with Crippen molar-refractivity contribution in [2.75, 3.05) is 5.43 Å². The Morgan fingerprint density at radius 1 is 1.33 bits per heavy atom. The van der Waals surface area contributed by atoms with Crippen LogP contribution in [-0.2, 0) is 0 Å². The van der Waals surface area contributed by atoms with Crippen molar-refractivity contribution >= 4 is 23.8 Å². The molecular weight excluding hydrogens is 214 g/mol. The lowest BCUT2D eigenvalue weighted by Gasteiger charge is -1.94. The quantitative estimate of drug-likeness (QED) is 0.615. The molecule has 2 rings (SSSR count). The minimum Gasteiger partial charge on any atom is -0.246 e. The van der Waals surface area contributed by atoms with Gasteiger partial charge in [-0.05, 0) is 17.7 Å². The third-order valence-electron chi connectivity index (χ3n) is 1.67. The molecule has 0 aliphatic rings. The van der Waals surface area contributed by atoms with Gasteiger partial charge in [0.1, 0.15) is 6.33 Å². The number of halogens is 1. The van der Waals surface area contributed by atoms with E-state index in [1.165, 1.54) is 6.33 Å². The Labute approximate surface area is 91.2 Å². The fourth-order valence-corrected chi connectivity index (χ4v) is 1.10. The number of hydrogen-bond acceptors (Lipinski definition) is 4. The van der Waals surface area contributed by atoms with E-state index in [-0.39, 0.29) is 0 Å². The summed E-state index contributed by atoms with van der Waals surface area (Å²) in [6.45, 7) is 0. The molecule has 0 aliphatic heterocycles. The zero-order valence-electron chi connectivity index (χ0n) is 7.68. The molecule has 0 spiro atoms. The molecule has 0 amide bonds. The van der Waals surface area contributed by atoms with Gasteiger partial charge in [-0.1, -0.05) is 23.7 Å². The summed E-state index contributed by atoms with van der Waals surface area (Å²) in [5.41, 5.74) is 3.65. The number of rotatable bonds is 3. The molecule has 0 radical (unpaired) electrons. The summed E-state index contributed by atoms with van der Waals surface area (Å²) < 4.78 is 0. The fraction of sp³-hybridized carbons (Fsp3) is 0. The van der Waals surface area contributed by atoms with Crippen LogP contribution in [0.25, 0.3) is 0 Å². The van der Waals surface area contributed by atoms with E-state index < -0.39 is 0 Å². The van der Waals surface area contributed by atoms with E-state index in [4.69, 9.17) is 11.6 Å². The summed E-state index contributed by atoms with van der Waals surface area (Å²) >= 11 is 5.74. The van der Waals surface area contributed by atoms with Crippen LogP contribution >= 0.6 is 11.6 Å². The first-order chi connectivity index (χ1) is 7.34. The molecule has 0 unspecified atom stereocenters. The van der Waals surface area contributed by atoms with E-state index in [0.717, 1.165) is 5.56 Å². The van der Waals surface area contributed by atoms with Gasteiger partial charge in [0.15, 0.2) is 0 Å². The predicted molar refractivity (Wildman–Crippen MR) is 59.1 cm³/mol. The Bertz CT molecular complexity index is 434. The van der Waals surface area contributed by atoms with Gasteiger partial charge in [-0.15, -0.1) is 0 Å². The third-order valence-corrected chi connectivity index (χ3v) is 1.92. The van der Waals surface area contributed by atoms with Gasteiger partial charge in [0.2, 0.25) is 5.95 Å². The lowest BCUT2D eigenvalue weighted by atomic mass is 10.2. The van der Waals surface area contributed by atoms with E-state index in [1.807, 2.05) is 12.1 Å². The number of nitrogens with zero attached hydrogens (tertiary/aromatic N) is 3. The predicted octanol–water partition coefficient (Wildman–Crippen LogP) is 1.90. The molecule has 0 aliphatic carbocycles. The Balaban J connectivity index is 1.97. The van der Waals surface area contributed by atoms with Crippen LogP contribution in [0.5, 0.6) is 0 Å². The molecule has 0 fully saturated rings.